The number of fused-ring (bicyclic) bond motifs is 1. The van der Waals surface area contributed by atoms with Gasteiger partial charge in [0, 0.05) is 23.4 Å². The topological polar surface area (TPSA) is 84.1 Å². The molecule has 2 aliphatic heterocycles. The van der Waals surface area contributed by atoms with Gasteiger partial charge in [0.05, 0.1) is 22.5 Å². The Morgan fingerprint density at radius 1 is 1.03 bits per heavy atom. The number of alkyl halides is 6. The average Bonchev–Trinajstić information content (AvgIpc) is 3.19. The van der Waals surface area contributed by atoms with Crippen LogP contribution in [0.5, 0.6) is 0 Å². The normalized spacial score (nSPS) is 16.6. The van der Waals surface area contributed by atoms with Crippen molar-refractivity contribution in [3.8, 4) is 11.3 Å². The zero-order valence-electron chi connectivity index (χ0n) is 16.2. The molecule has 4 rings (SSSR count). The van der Waals surface area contributed by atoms with Crippen molar-refractivity contribution in [3.05, 3.63) is 64.8 Å². The second-order valence-electron chi connectivity index (χ2n) is 7.20. The third kappa shape index (κ3) is 3.99. The first kappa shape index (κ1) is 21.7. The Hall–Kier alpha value is -3.57. The summed E-state index contributed by atoms with van der Waals surface area (Å²) in [6, 6.07) is 3.10. The number of hydrogen-bond acceptors (Lipinski definition) is 5. The first-order chi connectivity index (χ1) is 14.9. The maximum absolute atomic E-state index is 13.4. The minimum absolute atomic E-state index is 0.00394. The van der Waals surface area contributed by atoms with E-state index in [1.807, 2.05) is 0 Å². The largest absolute Gasteiger partial charge is 0.433 e. The lowest BCUT2D eigenvalue weighted by atomic mass is 9.94. The smallest absolute Gasteiger partial charge is 0.366 e. The summed E-state index contributed by atoms with van der Waals surface area (Å²) in [6.45, 7) is 0.572. The fourth-order valence-corrected chi connectivity index (χ4v) is 3.62. The number of nitrogens with two attached hydrogens (primary N) is 1. The standard InChI is InChI=1S/C20H15F6N5O/c21-19(22,23)10-3-4-12(13(6-10)15-8-16(20(24,25)26)29-9-28-15)17-14(18(27)32)7-11-2-1-5-31(11)30-17/h3-4,6-9,30H,1-2,5H2,(H2,27,32). The van der Waals surface area contributed by atoms with Crippen molar-refractivity contribution in [2.24, 2.45) is 5.73 Å². The first-order valence-corrected chi connectivity index (χ1v) is 9.35. The number of amides is 1. The quantitative estimate of drug-likeness (QED) is 0.687. The van der Waals surface area contributed by atoms with E-state index < -0.39 is 29.5 Å². The summed E-state index contributed by atoms with van der Waals surface area (Å²) in [4.78, 5) is 19.0. The van der Waals surface area contributed by atoms with Gasteiger partial charge in [-0.3, -0.25) is 15.2 Å². The Morgan fingerprint density at radius 3 is 2.44 bits per heavy atom. The minimum atomic E-state index is -4.83. The lowest BCUT2D eigenvalue weighted by Crippen LogP contribution is -2.38. The lowest BCUT2D eigenvalue weighted by Gasteiger charge is -2.30. The number of hydrogen-bond donors (Lipinski definition) is 2. The zero-order valence-corrected chi connectivity index (χ0v) is 16.2. The molecule has 0 bridgehead atoms. The number of hydrazine groups is 1. The van der Waals surface area contributed by atoms with Gasteiger partial charge in [-0.1, -0.05) is 6.07 Å². The highest BCUT2D eigenvalue weighted by molar-refractivity contribution is 6.04. The second kappa shape index (κ2) is 7.53. The zero-order chi connectivity index (χ0) is 23.3. The molecule has 2 aromatic rings. The molecular weight excluding hydrogens is 440 g/mol. The van der Waals surface area contributed by atoms with Crippen molar-refractivity contribution in [1.29, 1.82) is 0 Å². The number of primary amides is 1. The highest BCUT2D eigenvalue weighted by Crippen LogP contribution is 2.39. The van der Waals surface area contributed by atoms with Crippen LogP contribution in [0.2, 0.25) is 0 Å². The van der Waals surface area contributed by atoms with E-state index in [1.165, 1.54) is 6.08 Å². The maximum atomic E-state index is 13.4. The molecule has 2 aliphatic rings. The van der Waals surface area contributed by atoms with Crippen LogP contribution in [0.25, 0.3) is 17.0 Å². The molecule has 3 N–H and O–H groups in total. The van der Waals surface area contributed by atoms with Crippen molar-refractivity contribution in [1.82, 2.24) is 20.4 Å². The van der Waals surface area contributed by atoms with E-state index in [1.54, 1.807) is 5.01 Å². The van der Waals surface area contributed by atoms with Crippen LogP contribution in [0.15, 0.2) is 47.9 Å². The van der Waals surface area contributed by atoms with Crippen LogP contribution in [0.1, 0.15) is 29.7 Å². The molecule has 1 amide bonds. The number of carbonyl (C=O) groups excluding carboxylic acids is 1. The van der Waals surface area contributed by atoms with Crippen LogP contribution in [0, 0.1) is 0 Å². The number of halogens is 6. The summed E-state index contributed by atoms with van der Waals surface area (Å²) in [5.74, 6) is -0.837. The van der Waals surface area contributed by atoms with Crippen molar-refractivity contribution >= 4 is 11.6 Å². The van der Waals surface area contributed by atoms with Crippen LogP contribution in [0.3, 0.4) is 0 Å². The summed E-state index contributed by atoms with van der Waals surface area (Å²) in [6.07, 6.45) is -5.98. The van der Waals surface area contributed by atoms with Gasteiger partial charge >= 0.3 is 12.4 Å². The fourth-order valence-electron chi connectivity index (χ4n) is 3.62. The highest BCUT2D eigenvalue weighted by atomic mass is 19.4. The van der Waals surface area contributed by atoms with Crippen molar-refractivity contribution < 1.29 is 31.1 Å². The Bertz CT molecular complexity index is 1150. The molecule has 1 aromatic heterocycles. The third-order valence-corrected chi connectivity index (χ3v) is 5.10. The van der Waals surface area contributed by atoms with E-state index in [-0.39, 0.29) is 28.1 Å². The summed E-state index contributed by atoms with van der Waals surface area (Å²) < 4.78 is 79.6. The van der Waals surface area contributed by atoms with Crippen molar-refractivity contribution in [3.63, 3.8) is 0 Å². The molecule has 1 saturated heterocycles. The van der Waals surface area contributed by atoms with Gasteiger partial charge in [-0.2, -0.15) is 26.3 Å². The average molecular weight is 455 g/mol. The Morgan fingerprint density at radius 2 is 1.78 bits per heavy atom. The van der Waals surface area contributed by atoms with Crippen molar-refractivity contribution in [2.45, 2.75) is 25.2 Å². The highest BCUT2D eigenvalue weighted by Gasteiger charge is 2.35. The molecule has 0 spiro atoms. The minimum Gasteiger partial charge on any atom is -0.366 e. The molecule has 3 heterocycles. The van der Waals surface area contributed by atoms with Crippen LogP contribution < -0.4 is 11.2 Å². The number of benzene rings is 1. The number of nitrogens with zero attached hydrogens (tertiary/aromatic N) is 3. The van der Waals surface area contributed by atoms with E-state index in [4.69, 9.17) is 5.73 Å². The number of rotatable bonds is 3. The van der Waals surface area contributed by atoms with Crippen LogP contribution in [-0.4, -0.2) is 27.4 Å². The van der Waals surface area contributed by atoms with Gasteiger partial charge in [-0.05, 0) is 37.1 Å². The molecule has 6 nitrogen and oxygen atoms in total. The number of aromatic nitrogens is 2. The predicted octanol–water partition coefficient (Wildman–Crippen LogP) is 3.88. The van der Waals surface area contributed by atoms with E-state index in [2.05, 4.69) is 15.4 Å². The molecule has 0 saturated carbocycles. The maximum Gasteiger partial charge on any atom is 0.433 e. The van der Waals surface area contributed by atoms with Gasteiger partial charge in [0.2, 0.25) is 0 Å². The van der Waals surface area contributed by atoms with Gasteiger partial charge in [0.15, 0.2) is 0 Å². The predicted molar refractivity (Wildman–Crippen MR) is 101 cm³/mol. The molecular formula is C20H15F6N5O. The van der Waals surface area contributed by atoms with Gasteiger partial charge in [0.25, 0.3) is 5.91 Å². The number of nitrogens with one attached hydrogen (secondary N) is 1. The van der Waals surface area contributed by atoms with E-state index >= 15 is 0 Å². The van der Waals surface area contributed by atoms with E-state index in [0.717, 1.165) is 24.3 Å². The SMILES string of the molecule is NC(=O)C1=C(c2ccc(C(F)(F)F)cc2-c2cc(C(F)(F)F)ncn2)NN2CCCC2=C1. The van der Waals surface area contributed by atoms with E-state index in [0.29, 0.717) is 31.4 Å². The Balaban J connectivity index is 1.96. The molecule has 0 aliphatic carbocycles. The monoisotopic (exact) mass is 455 g/mol. The Labute approximate surface area is 177 Å². The Kier molecular flexibility index (Phi) is 5.10. The molecule has 1 fully saturated rings. The van der Waals surface area contributed by atoms with Crippen molar-refractivity contribution in [2.75, 3.05) is 6.54 Å². The van der Waals surface area contributed by atoms with Crippen LogP contribution in [-0.2, 0) is 17.1 Å². The van der Waals surface area contributed by atoms with Gasteiger partial charge in [0.1, 0.15) is 12.0 Å². The molecule has 1 aromatic carbocycles. The third-order valence-electron chi connectivity index (χ3n) is 5.10. The second-order valence-corrected chi connectivity index (χ2v) is 7.20. The van der Waals surface area contributed by atoms with Crippen LogP contribution >= 0.6 is 0 Å². The lowest BCUT2D eigenvalue weighted by molar-refractivity contribution is -0.141. The van der Waals surface area contributed by atoms with Gasteiger partial charge in [-0.25, -0.2) is 9.97 Å². The number of allylic oxidation sites excluding steroid dienone is 1. The summed E-state index contributed by atoms with van der Waals surface area (Å²) in [5.41, 5.74) is 6.33. The van der Waals surface area contributed by atoms with E-state index in [9.17, 15) is 31.1 Å². The number of carbonyl (C=O) groups is 1. The van der Waals surface area contributed by atoms with Crippen LogP contribution in [0.4, 0.5) is 26.3 Å². The first-order valence-electron chi connectivity index (χ1n) is 9.35. The summed E-state index contributed by atoms with van der Waals surface area (Å²) in [5, 5.41) is 1.71. The van der Waals surface area contributed by atoms with Gasteiger partial charge in [-0.15, -0.1) is 0 Å². The molecule has 168 valence electrons. The molecule has 0 unspecified atom stereocenters. The molecule has 32 heavy (non-hydrogen) atoms. The van der Waals surface area contributed by atoms with Gasteiger partial charge < -0.3 is 5.73 Å². The fraction of sp³-hybridized carbons (Fsp3) is 0.250. The molecule has 0 atom stereocenters. The molecule has 0 radical (unpaired) electrons. The summed E-state index contributed by atoms with van der Waals surface area (Å²) in [7, 11) is 0. The molecule has 12 heteroatoms. The summed E-state index contributed by atoms with van der Waals surface area (Å²) >= 11 is 0.